The van der Waals surface area contributed by atoms with E-state index in [1.165, 1.54) is 23.1 Å². The smallest absolute Gasteiger partial charge is 0.234 e. The van der Waals surface area contributed by atoms with E-state index >= 15 is 0 Å². The number of nitrogens with one attached hydrogen (secondary N) is 1. The number of hydrogen-bond donors (Lipinski definition) is 2. The highest BCUT2D eigenvalue weighted by Crippen LogP contribution is 2.39. The Morgan fingerprint density at radius 2 is 2.16 bits per heavy atom. The van der Waals surface area contributed by atoms with Crippen molar-refractivity contribution in [1.29, 1.82) is 0 Å². The summed E-state index contributed by atoms with van der Waals surface area (Å²) in [4.78, 5) is 18.4. The first-order chi connectivity index (χ1) is 15.0. The molecule has 1 aromatic carbocycles. The highest BCUT2D eigenvalue weighted by molar-refractivity contribution is 7.99. The lowest BCUT2D eigenvalue weighted by atomic mass is 10.2. The summed E-state index contributed by atoms with van der Waals surface area (Å²) < 4.78 is 1.88. The molecule has 0 aliphatic rings. The zero-order valence-electron chi connectivity index (χ0n) is 16.0. The third-order valence-electron chi connectivity index (χ3n) is 4.27. The number of nitrogens with two attached hydrogens (primary N) is 1. The van der Waals surface area contributed by atoms with Gasteiger partial charge in [0.05, 0.1) is 27.0 Å². The molecule has 0 fully saturated rings. The Bertz CT molecular complexity index is 1290. The van der Waals surface area contributed by atoms with Gasteiger partial charge in [-0.2, -0.15) is 0 Å². The first-order valence-electron chi connectivity index (χ1n) is 9.03. The van der Waals surface area contributed by atoms with Gasteiger partial charge in [0.2, 0.25) is 5.91 Å². The molecule has 0 spiro atoms. The number of nitrogen functional groups attached to an aromatic ring is 1. The Kier molecular flexibility index (Phi) is 6.47. The summed E-state index contributed by atoms with van der Waals surface area (Å²) in [5.41, 5.74) is 7.45. The summed E-state index contributed by atoms with van der Waals surface area (Å²) in [5, 5.41) is 13.7. The molecule has 4 rings (SSSR count). The second kappa shape index (κ2) is 9.27. The Morgan fingerprint density at radius 1 is 1.32 bits per heavy atom. The summed E-state index contributed by atoms with van der Waals surface area (Å²) in [7, 11) is 0. The number of amides is 1. The van der Waals surface area contributed by atoms with Crippen molar-refractivity contribution in [2.24, 2.45) is 0 Å². The van der Waals surface area contributed by atoms with Crippen molar-refractivity contribution in [3.05, 3.63) is 59.2 Å². The van der Waals surface area contributed by atoms with Gasteiger partial charge in [-0.1, -0.05) is 41.0 Å². The highest BCUT2D eigenvalue weighted by Gasteiger charge is 2.20. The summed E-state index contributed by atoms with van der Waals surface area (Å²) in [5.74, 6) is 0.510. The number of anilines is 2. The van der Waals surface area contributed by atoms with Crippen molar-refractivity contribution in [1.82, 2.24) is 19.7 Å². The third kappa shape index (κ3) is 4.54. The molecule has 7 nitrogen and oxygen atoms in total. The maximum Gasteiger partial charge on any atom is 0.234 e. The van der Waals surface area contributed by atoms with E-state index in [1.54, 1.807) is 30.5 Å². The standard InChI is InChI=1S/C20H16Cl2N6OS2/c1-2-8-28-18(17-16(23)12-4-3-7-24-19(12)31-17)26-27-20(28)30-10-15(29)25-14-6-5-11(21)9-13(14)22/h2-7,9H,1,8,10,23H2,(H,25,29). The maximum atomic E-state index is 12.4. The second-order valence-corrected chi connectivity index (χ2v) is 9.15. The van der Waals surface area contributed by atoms with E-state index in [1.807, 2.05) is 16.7 Å². The van der Waals surface area contributed by atoms with Crippen LogP contribution in [0, 0.1) is 0 Å². The number of carbonyl (C=O) groups is 1. The van der Waals surface area contributed by atoms with Crippen LogP contribution in [0.5, 0.6) is 0 Å². The van der Waals surface area contributed by atoms with Gasteiger partial charge >= 0.3 is 0 Å². The molecule has 0 saturated heterocycles. The average molecular weight is 491 g/mol. The first-order valence-corrected chi connectivity index (χ1v) is 11.6. The van der Waals surface area contributed by atoms with Crippen LogP contribution >= 0.6 is 46.3 Å². The Hall–Kier alpha value is -2.59. The quantitative estimate of drug-likeness (QED) is 0.267. The number of aromatic nitrogens is 4. The molecule has 0 atom stereocenters. The zero-order chi connectivity index (χ0) is 22.0. The van der Waals surface area contributed by atoms with E-state index in [4.69, 9.17) is 28.9 Å². The fourth-order valence-corrected chi connectivity index (χ4v) is 5.14. The van der Waals surface area contributed by atoms with Crippen LogP contribution in [-0.4, -0.2) is 31.4 Å². The van der Waals surface area contributed by atoms with Crippen molar-refractivity contribution in [2.75, 3.05) is 16.8 Å². The number of thioether (sulfide) groups is 1. The van der Waals surface area contributed by atoms with Crippen molar-refractivity contribution in [2.45, 2.75) is 11.7 Å². The number of benzene rings is 1. The van der Waals surface area contributed by atoms with E-state index < -0.39 is 0 Å². The molecule has 4 aromatic rings. The molecule has 3 aromatic heterocycles. The number of thiophene rings is 1. The summed E-state index contributed by atoms with van der Waals surface area (Å²) in [6.07, 6.45) is 3.47. The van der Waals surface area contributed by atoms with Crippen molar-refractivity contribution in [3.8, 4) is 10.7 Å². The summed E-state index contributed by atoms with van der Waals surface area (Å²) in [6, 6.07) is 8.66. The van der Waals surface area contributed by atoms with Gasteiger partial charge in [0, 0.05) is 23.2 Å². The van der Waals surface area contributed by atoms with Crippen molar-refractivity contribution < 1.29 is 4.79 Å². The zero-order valence-corrected chi connectivity index (χ0v) is 19.2. The summed E-state index contributed by atoms with van der Waals surface area (Å²) >= 11 is 14.7. The predicted molar refractivity (Wildman–Crippen MR) is 129 cm³/mol. The lowest BCUT2D eigenvalue weighted by molar-refractivity contribution is -0.113. The molecule has 0 bridgehead atoms. The number of allylic oxidation sites excluding steroid dienone is 1. The molecular formula is C20H16Cl2N6OS2. The van der Waals surface area contributed by atoms with Gasteiger partial charge in [-0.3, -0.25) is 9.36 Å². The molecule has 0 aliphatic carbocycles. The number of nitrogens with zero attached hydrogens (tertiary/aromatic N) is 4. The van der Waals surface area contributed by atoms with Gasteiger partial charge in [-0.25, -0.2) is 4.98 Å². The average Bonchev–Trinajstić information content (AvgIpc) is 3.30. The first kappa shape index (κ1) is 21.6. The molecule has 1 amide bonds. The molecule has 158 valence electrons. The number of fused-ring (bicyclic) bond motifs is 1. The Balaban J connectivity index is 1.55. The third-order valence-corrected chi connectivity index (χ3v) is 6.91. The number of hydrogen-bond acceptors (Lipinski definition) is 7. The summed E-state index contributed by atoms with van der Waals surface area (Å²) in [6.45, 7) is 4.28. The predicted octanol–water partition coefficient (Wildman–Crippen LogP) is 5.36. The lowest BCUT2D eigenvalue weighted by Crippen LogP contribution is -2.15. The fourth-order valence-electron chi connectivity index (χ4n) is 2.88. The van der Waals surface area contributed by atoms with Crippen LogP contribution in [0.4, 0.5) is 11.4 Å². The van der Waals surface area contributed by atoms with Crippen LogP contribution in [-0.2, 0) is 11.3 Å². The minimum absolute atomic E-state index is 0.123. The minimum atomic E-state index is -0.227. The SMILES string of the molecule is C=CCn1c(SCC(=O)Nc2ccc(Cl)cc2Cl)nnc1-c1sc2ncccc2c1N. The molecular weight excluding hydrogens is 475 g/mol. The molecule has 3 heterocycles. The fraction of sp³-hybridized carbons (Fsp3) is 0.100. The lowest BCUT2D eigenvalue weighted by Gasteiger charge is -2.09. The van der Waals surface area contributed by atoms with Gasteiger partial charge in [-0.05, 0) is 30.3 Å². The van der Waals surface area contributed by atoms with Crippen LogP contribution in [0.25, 0.3) is 20.9 Å². The molecule has 11 heteroatoms. The van der Waals surface area contributed by atoms with Crippen LogP contribution < -0.4 is 11.1 Å². The Labute approximate surface area is 196 Å². The van der Waals surface area contributed by atoms with Crippen LogP contribution in [0.1, 0.15) is 0 Å². The monoisotopic (exact) mass is 490 g/mol. The van der Waals surface area contributed by atoms with Crippen molar-refractivity contribution in [3.63, 3.8) is 0 Å². The number of rotatable bonds is 7. The largest absolute Gasteiger partial charge is 0.397 e. The van der Waals surface area contributed by atoms with Gasteiger partial charge in [-0.15, -0.1) is 28.1 Å². The molecule has 3 N–H and O–H groups in total. The minimum Gasteiger partial charge on any atom is -0.397 e. The second-order valence-electron chi connectivity index (χ2n) is 6.37. The van der Waals surface area contributed by atoms with E-state index in [0.29, 0.717) is 38.9 Å². The van der Waals surface area contributed by atoms with Gasteiger partial charge in [0.25, 0.3) is 0 Å². The van der Waals surface area contributed by atoms with E-state index in [2.05, 4.69) is 27.1 Å². The molecule has 31 heavy (non-hydrogen) atoms. The van der Waals surface area contributed by atoms with Crippen LogP contribution in [0.3, 0.4) is 0 Å². The van der Waals surface area contributed by atoms with Crippen LogP contribution in [0.15, 0.2) is 54.3 Å². The molecule has 0 aliphatic heterocycles. The number of carbonyl (C=O) groups excluding carboxylic acids is 1. The van der Waals surface area contributed by atoms with E-state index in [-0.39, 0.29) is 11.7 Å². The maximum absolute atomic E-state index is 12.4. The number of pyridine rings is 1. The van der Waals surface area contributed by atoms with Crippen LogP contribution in [0.2, 0.25) is 10.0 Å². The molecule has 0 radical (unpaired) electrons. The van der Waals surface area contributed by atoms with Gasteiger partial charge in [0.1, 0.15) is 4.83 Å². The van der Waals surface area contributed by atoms with E-state index in [9.17, 15) is 4.79 Å². The molecule has 0 saturated carbocycles. The highest BCUT2D eigenvalue weighted by atomic mass is 35.5. The number of halogens is 2. The molecule has 0 unspecified atom stereocenters. The Morgan fingerprint density at radius 3 is 2.90 bits per heavy atom. The topological polar surface area (TPSA) is 98.7 Å². The normalized spacial score (nSPS) is 11.0. The van der Waals surface area contributed by atoms with Crippen molar-refractivity contribution >= 4 is 73.8 Å². The van der Waals surface area contributed by atoms with Gasteiger partial charge < -0.3 is 11.1 Å². The van der Waals surface area contributed by atoms with E-state index in [0.717, 1.165) is 15.1 Å². The van der Waals surface area contributed by atoms with Gasteiger partial charge in [0.15, 0.2) is 11.0 Å².